The maximum atomic E-state index is 12.3. The van der Waals surface area contributed by atoms with Gasteiger partial charge < -0.3 is 14.4 Å². The third kappa shape index (κ3) is 4.49. The van der Waals surface area contributed by atoms with E-state index in [0.717, 1.165) is 12.8 Å². The molecule has 1 fully saturated rings. The van der Waals surface area contributed by atoms with Crippen LogP contribution in [0.4, 0.5) is 0 Å². The molecule has 1 aliphatic heterocycles. The van der Waals surface area contributed by atoms with E-state index in [0.29, 0.717) is 19.6 Å². The summed E-state index contributed by atoms with van der Waals surface area (Å²) in [6.45, 7) is 6.49. The first kappa shape index (κ1) is 16.0. The Bertz CT molecular complexity index is 327. The van der Waals surface area contributed by atoms with Crippen LogP contribution in [0, 0.1) is 0 Å². The van der Waals surface area contributed by atoms with Crippen molar-refractivity contribution in [3.05, 3.63) is 0 Å². The highest BCUT2D eigenvalue weighted by atomic mass is 16.5. The largest absolute Gasteiger partial charge is 0.464 e. The zero-order valence-electron chi connectivity index (χ0n) is 12.4. The predicted octanol–water partition coefficient (Wildman–Crippen LogP) is 1.75. The number of esters is 1. The number of methoxy groups -OCH3 is 1. The van der Waals surface area contributed by atoms with E-state index in [1.165, 1.54) is 0 Å². The van der Waals surface area contributed by atoms with Crippen LogP contribution in [0.2, 0.25) is 0 Å². The minimum absolute atomic E-state index is 0.0374. The van der Waals surface area contributed by atoms with Gasteiger partial charge >= 0.3 is 5.97 Å². The monoisotopic (exact) mass is 271 g/mol. The summed E-state index contributed by atoms with van der Waals surface area (Å²) >= 11 is 0. The van der Waals surface area contributed by atoms with Gasteiger partial charge in [0, 0.05) is 13.7 Å². The number of ether oxygens (including phenoxy) is 2. The van der Waals surface area contributed by atoms with E-state index < -0.39 is 11.6 Å². The highest BCUT2D eigenvalue weighted by molar-refractivity contribution is 5.85. The van der Waals surface area contributed by atoms with Crippen molar-refractivity contribution in [1.29, 1.82) is 0 Å². The van der Waals surface area contributed by atoms with Gasteiger partial charge in [-0.1, -0.05) is 0 Å². The van der Waals surface area contributed by atoms with Gasteiger partial charge in [-0.15, -0.1) is 0 Å². The van der Waals surface area contributed by atoms with Gasteiger partial charge in [0.15, 0.2) is 0 Å². The molecule has 0 aromatic carbocycles. The Hall–Kier alpha value is -1.10. The lowest BCUT2D eigenvalue weighted by molar-refractivity contribution is -0.158. The van der Waals surface area contributed by atoms with Crippen molar-refractivity contribution in [2.45, 2.75) is 58.1 Å². The first-order chi connectivity index (χ1) is 8.91. The highest BCUT2D eigenvalue weighted by Crippen LogP contribution is 2.22. The Morgan fingerprint density at radius 3 is 2.58 bits per heavy atom. The number of hydrogen-bond acceptors (Lipinski definition) is 4. The molecule has 1 amide bonds. The Balaban J connectivity index is 2.71. The smallest absolute Gasteiger partial charge is 0.328 e. The molecule has 0 bridgehead atoms. The molecular weight excluding hydrogens is 246 g/mol. The molecule has 0 N–H and O–H groups in total. The van der Waals surface area contributed by atoms with Crippen molar-refractivity contribution in [2.24, 2.45) is 0 Å². The van der Waals surface area contributed by atoms with Gasteiger partial charge in [0.2, 0.25) is 5.91 Å². The fourth-order valence-electron chi connectivity index (χ4n) is 2.25. The SMILES string of the molecule is CCOC(=O)C1CCCCN1C(=O)CC(C)(C)OC. The normalized spacial score (nSPS) is 20.2. The summed E-state index contributed by atoms with van der Waals surface area (Å²) in [6, 6.07) is -0.422. The third-order valence-electron chi connectivity index (χ3n) is 3.51. The summed E-state index contributed by atoms with van der Waals surface area (Å²) in [5.74, 6) is -0.324. The van der Waals surface area contributed by atoms with Crippen molar-refractivity contribution in [3.63, 3.8) is 0 Å². The van der Waals surface area contributed by atoms with Gasteiger partial charge in [-0.3, -0.25) is 4.79 Å². The zero-order valence-corrected chi connectivity index (χ0v) is 12.4. The minimum atomic E-state index is -0.506. The summed E-state index contributed by atoms with van der Waals surface area (Å²) in [5.41, 5.74) is -0.506. The Morgan fingerprint density at radius 2 is 2.00 bits per heavy atom. The number of likely N-dealkylation sites (tertiary alicyclic amines) is 1. The second-order valence-corrected chi connectivity index (χ2v) is 5.49. The zero-order chi connectivity index (χ0) is 14.5. The minimum Gasteiger partial charge on any atom is -0.464 e. The molecule has 1 saturated heterocycles. The molecule has 1 aliphatic rings. The highest BCUT2D eigenvalue weighted by Gasteiger charge is 2.35. The molecule has 1 rings (SSSR count). The van der Waals surface area contributed by atoms with E-state index >= 15 is 0 Å². The Kier molecular flexibility index (Phi) is 5.79. The van der Waals surface area contributed by atoms with Crippen LogP contribution in [0.25, 0.3) is 0 Å². The van der Waals surface area contributed by atoms with E-state index in [9.17, 15) is 9.59 Å². The lowest BCUT2D eigenvalue weighted by Gasteiger charge is -2.36. The number of hydrogen-bond donors (Lipinski definition) is 0. The van der Waals surface area contributed by atoms with Crippen LogP contribution in [0.3, 0.4) is 0 Å². The molecule has 0 radical (unpaired) electrons. The fourth-order valence-corrected chi connectivity index (χ4v) is 2.25. The molecule has 0 spiro atoms. The summed E-state index contributed by atoms with van der Waals surface area (Å²) in [5, 5.41) is 0. The molecule has 110 valence electrons. The molecule has 1 atom stereocenters. The lowest BCUT2D eigenvalue weighted by atomic mass is 9.98. The molecule has 0 aromatic rings. The van der Waals surface area contributed by atoms with Gasteiger partial charge in [-0.05, 0) is 40.0 Å². The van der Waals surface area contributed by atoms with Crippen molar-refractivity contribution < 1.29 is 19.1 Å². The van der Waals surface area contributed by atoms with E-state index in [1.807, 2.05) is 13.8 Å². The van der Waals surface area contributed by atoms with Crippen molar-refractivity contribution in [3.8, 4) is 0 Å². The van der Waals surface area contributed by atoms with Gasteiger partial charge in [-0.2, -0.15) is 0 Å². The molecule has 1 heterocycles. The maximum Gasteiger partial charge on any atom is 0.328 e. The summed E-state index contributed by atoms with van der Waals surface area (Å²) in [7, 11) is 1.59. The number of amides is 1. The van der Waals surface area contributed by atoms with Gasteiger partial charge in [0.25, 0.3) is 0 Å². The van der Waals surface area contributed by atoms with E-state index in [4.69, 9.17) is 9.47 Å². The van der Waals surface area contributed by atoms with Crippen LogP contribution < -0.4 is 0 Å². The van der Waals surface area contributed by atoms with Crippen LogP contribution >= 0.6 is 0 Å². The van der Waals surface area contributed by atoms with Crippen molar-refractivity contribution in [2.75, 3.05) is 20.3 Å². The number of piperidine rings is 1. The van der Waals surface area contributed by atoms with Crippen LogP contribution in [0.15, 0.2) is 0 Å². The van der Waals surface area contributed by atoms with Gasteiger partial charge in [0.1, 0.15) is 6.04 Å². The molecule has 1 unspecified atom stereocenters. The molecule has 0 aliphatic carbocycles. The first-order valence-electron chi connectivity index (χ1n) is 6.92. The lowest BCUT2D eigenvalue weighted by Crippen LogP contribution is -2.50. The topological polar surface area (TPSA) is 55.8 Å². The Morgan fingerprint density at radius 1 is 1.32 bits per heavy atom. The molecule has 5 heteroatoms. The summed E-state index contributed by atoms with van der Waals surface area (Å²) in [4.78, 5) is 25.9. The van der Waals surface area contributed by atoms with Gasteiger partial charge in [0.05, 0.1) is 18.6 Å². The maximum absolute atomic E-state index is 12.3. The van der Waals surface area contributed by atoms with Crippen LogP contribution in [-0.2, 0) is 19.1 Å². The third-order valence-corrected chi connectivity index (χ3v) is 3.51. The van der Waals surface area contributed by atoms with Crippen LogP contribution in [0.1, 0.15) is 46.5 Å². The first-order valence-corrected chi connectivity index (χ1v) is 6.92. The van der Waals surface area contributed by atoms with E-state index in [-0.39, 0.29) is 18.3 Å². The van der Waals surface area contributed by atoms with Crippen molar-refractivity contribution in [1.82, 2.24) is 4.90 Å². The molecule has 0 saturated carbocycles. The number of carbonyl (C=O) groups is 2. The molecule has 5 nitrogen and oxygen atoms in total. The Labute approximate surface area is 115 Å². The van der Waals surface area contributed by atoms with Gasteiger partial charge in [-0.25, -0.2) is 4.79 Å². The van der Waals surface area contributed by atoms with E-state index in [1.54, 1.807) is 18.9 Å². The number of carbonyl (C=O) groups excluding carboxylic acids is 2. The average molecular weight is 271 g/mol. The second-order valence-electron chi connectivity index (χ2n) is 5.49. The average Bonchev–Trinajstić information content (AvgIpc) is 2.38. The standard InChI is InChI=1S/C14H25NO4/c1-5-19-13(17)11-8-6-7-9-15(11)12(16)10-14(2,3)18-4/h11H,5-10H2,1-4H3. The molecule has 0 aromatic heterocycles. The molecule has 19 heavy (non-hydrogen) atoms. The number of rotatable bonds is 5. The quantitative estimate of drug-likeness (QED) is 0.715. The summed E-state index contributed by atoms with van der Waals surface area (Å²) < 4.78 is 10.3. The summed E-state index contributed by atoms with van der Waals surface area (Å²) in [6.07, 6.45) is 2.87. The van der Waals surface area contributed by atoms with E-state index in [2.05, 4.69) is 0 Å². The van der Waals surface area contributed by atoms with Crippen molar-refractivity contribution >= 4 is 11.9 Å². The number of nitrogens with zero attached hydrogens (tertiary/aromatic N) is 1. The predicted molar refractivity (Wildman–Crippen MR) is 71.7 cm³/mol. The molecular formula is C14H25NO4. The van der Waals surface area contributed by atoms with Crippen LogP contribution in [-0.4, -0.2) is 48.7 Å². The fraction of sp³-hybridized carbons (Fsp3) is 0.857. The second kappa shape index (κ2) is 6.89. The van der Waals surface area contributed by atoms with Crippen LogP contribution in [0.5, 0.6) is 0 Å².